The molecule has 1 unspecified atom stereocenters. The summed E-state index contributed by atoms with van der Waals surface area (Å²) in [6.07, 6.45) is 2.98. The van der Waals surface area contributed by atoms with Crippen LogP contribution in [0.3, 0.4) is 0 Å². The number of carbonyl (C=O) groups excluding carboxylic acids is 1. The number of oxazole rings is 1. The maximum atomic E-state index is 12.3. The quantitative estimate of drug-likeness (QED) is 0.902. The summed E-state index contributed by atoms with van der Waals surface area (Å²) >= 11 is 0. The Kier molecular flexibility index (Phi) is 4.78. The van der Waals surface area contributed by atoms with Gasteiger partial charge in [-0.1, -0.05) is 0 Å². The molecule has 122 valence electrons. The number of hydrogen-bond donors (Lipinski definition) is 1. The minimum atomic E-state index is 0.293. The third kappa shape index (κ3) is 3.67. The highest BCUT2D eigenvalue weighted by Gasteiger charge is 2.25. The van der Waals surface area contributed by atoms with Gasteiger partial charge in [0.2, 0.25) is 11.8 Å². The highest BCUT2D eigenvalue weighted by molar-refractivity contribution is 5.77. The Hall–Kier alpha value is -1.40. The van der Waals surface area contributed by atoms with E-state index in [1.807, 2.05) is 18.7 Å². The number of carbonyl (C=O) groups is 1. The number of nitrogens with zero attached hydrogens (tertiary/aromatic N) is 3. The van der Waals surface area contributed by atoms with E-state index in [0.717, 1.165) is 63.0 Å². The van der Waals surface area contributed by atoms with Crippen LogP contribution in [0.15, 0.2) is 4.42 Å². The van der Waals surface area contributed by atoms with Gasteiger partial charge in [0.15, 0.2) is 0 Å². The standard InChI is InChI=1S/C16H26N4O2/c1-12-13(2)22-15(18-12)11-19-6-8-20(9-7-19)16(21)10-14-4-3-5-17-14/h14,17H,3-11H2,1-2H3. The summed E-state index contributed by atoms with van der Waals surface area (Å²) in [7, 11) is 0. The number of nitrogens with one attached hydrogen (secondary N) is 1. The van der Waals surface area contributed by atoms with Crippen LogP contribution < -0.4 is 5.32 Å². The zero-order valence-corrected chi connectivity index (χ0v) is 13.6. The Morgan fingerprint density at radius 2 is 2.09 bits per heavy atom. The maximum Gasteiger partial charge on any atom is 0.224 e. The predicted molar refractivity (Wildman–Crippen MR) is 83.5 cm³/mol. The van der Waals surface area contributed by atoms with Crippen LogP contribution in [-0.2, 0) is 11.3 Å². The summed E-state index contributed by atoms with van der Waals surface area (Å²) in [5.74, 6) is 1.97. The number of piperazine rings is 1. The van der Waals surface area contributed by atoms with Gasteiger partial charge in [0, 0.05) is 38.6 Å². The van der Waals surface area contributed by atoms with Crippen molar-refractivity contribution in [3.8, 4) is 0 Å². The van der Waals surface area contributed by atoms with Crippen LogP contribution in [0.1, 0.15) is 36.6 Å². The molecule has 1 aromatic heterocycles. The Morgan fingerprint density at radius 1 is 1.32 bits per heavy atom. The molecule has 1 aromatic rings. The van der Waals surface area contributed by atoms with E-state index >= 15 is 0 Å². The van der Waals surface area contributed by atoms with E-state index < -0.39 is 0 Å². The Labute approximate surface area is 131 Å². The SMILES string of the molecule is Cc1nc(CN2CCN(C(=O)CC3CCCN3)CC2)oc1C. The smallest absolute Gasteiger partial charge is 0.224 e. The van der Waals surface area contributed by atoms with E-state index in [0.29, 0.717) is 18.4 Å². The molecule has 6 heteroatoms. The van der Waals surface area contributed by atoms with Crippen molar-refractivity contribution in [1.82, 2.24) is 20.1 Å². The summed E-state index contributed by atoms with van der Waals surface area (Å²) in [6.45, 7) is 9.11. The van der Waals surface area contributed by atoms with Crippen LogP contribution in [-0.4, -0.2) is 59.5 Å². The van der Waals surface area contributed by atoms with E-state index in [2.05, 4.69) is 15.2 Å². The summed E-state index contributed by atoms with van der Waals surface area (Å²) < 4.78 is 5.64. The molecule has 2 aliphatic heterocycles. The minimum Gasteiger partial charge on any atom is -0.444 e. The number of aryl methyl sites for hydroxylation is 2. The molecule has 22 heavy (non-hydrogen) atoms. The molecule has 2 aliphatic rings. The lowest BCUT2D eigenvalue weighted by atomic mass is 10.1. The lowest BCUT2D eigenvalue weighted by Gasteiger charge is -2.34. The zero-order chi connectivity index (χ0) is 15.5. The van der Waals surface area contributed by atoms with Gasteiger partial charge in [-0.05, 0) is 33.2 Å². The van der Waals surface area contributed by atoms with Gasteiger partial charge in [-0.25, -0.2) is 4.98 Å². The number of aromatic nitrogens is 1. The highest BCUT2D eigenvalue weighted by Crippen LogP contribution is 2.14. The second-order valence-corrected chi connectivity index (χ2v) is 6.40. The van der Waals surface area contributed by atoms with Crippen LogP contribution in [0.2, 0.25) is 0 Å². The molecular formula is C16H26N4O2. The van der Waals surface area contributed by atoms with Gasteiger partial charge >= 0.3 is 0 Å². The molecule has 2 saturated heterocycles. The van der Waals surface area contributed by atoms with E-state index in [-0.39, 0.29) is 0 Å². The van der Waals surface area contributed by atoms with Gasteiger partial charge in [0.25, 0.3) is 0 Å². The Morgan fingerprint density at radius 3 is 2.68 bits per heavy atom. The normalized spacial score (nSPS) is 23.2. The molecule has 0 aliphatic carbocycles. The van der Waals surface area contributed by atoms with Gasteiger partial charge in [-0.2, -0.15) is 0 Å². The summed E-state index contributed by atoms with van der Waals surface area (Å²) in [5.41, 5.74) is 0.966. The second-order valence-electron chi connectivity index (χ2n) is 6.40. The van der Waals surface area contributed by atoms with Crippen molar-refractivity contribution in [2.75, 3.05) is 32.7 Å². The number of amides is 1. The molecule has 3 heterocycles. The third-order valence-electron chi connectivity index (χ3n) is 4.74. The van der Waals surface area contributed by atoms with Gasteiger partial charge < -0.3 is 14.6 Å². The lowest BCUT2D eigenvalue weighted by molar-refractivity contribution is -0.133. The van der Waals surface area contributed by atoms with E-state index in [4.69, 9.17) is 4.42 Å². The molecule has 0 spiro atoms. The second kappa shape index (κ2) is 6.79. The summed E-state index contributed by atoms with van der Waals surface area (Å²) in [5, 5.41) is 3.40. The first kappa shape index (κ1) is 15.5. The van der Waals surface area contributed by atoms with Crippen molar-refractivity contribution in [3.05, 3.63) is 17.3 Å². The largest absolute Gasteiger partial charge is 0.444 e. The summed E-state index contributed by atoms with van der Waals surface area (Å²) in [6, 6.07) is 0.392. The Balaban J connectivity index is 1.44. The fourth-order valence-corrected chi connectivity index (χ4v) is 3.22. The average Bonchev–Trinajstić information content (AvgIpc) is 3.10. The number of rotatable bonds is 4. The van der Waals surface area contributed by atoms with Crippen LogP contribution in [0.5, 0.6) is 0 Å². The topological polar surface area (TPSA) is 61.6 Å². The van der Waals surface area contributed by atoms with Crippen LogP contribution in [0, 0.1) is 13.8 Å². The third-order valence-corrected chi connectivity index (χ3v) is 4.74. The molecule has 0 radical (unpaired) electrons. The van der Waals surface area contributed by atoms with Crippen molar-refractivity contribution in [2.45, 2.75) is 45.7 Å². The molecule has 0 saturated carbocycles. The van der Waals surface area contributed by atoms with Gasteiger partial charge in [0.05, 0.1) is 12.2 Å². The predicted octanol–water partition coefficient (Wildman–Crippen LogP) is 1.08. The van der Waals surface area contributed by atoms with Gasteiger partial charge in [0.1, 0.15) is 5.76 Å². The molecule has 3 rings (SSSR count). The first-order valence-corrected chi connectivity index (χ1v) is 8.28. The molecule has 2 fully saturated rings. The average molecular weight is 306 g/mol. The first-order valence-electron chi connectivity index (χ1n) is 8.28. The van der Waals surface area contributed by atoms with Crippen molar-refractivity contribution >= 4 is 5.91 Å². The fourth-order valence-electron chi connectivity index (χ4n) is 3.22. The fraction of sp³-hybridized carbons (Fsp3) is 0.750. The van der Waals surface area contributed by atoms with Crippen LogP contribution >= 0.6 is 0 Å². The molecule has 1 N–H and O–H groups in total. The lowest BCUT2D eigenvalue weighted by Crippen LogP contribution is -2.49. The van der Waals surface area contributed by atoms with Gasteiger partial charge in [-0.15, -0.1) is 0 Å². The van der Waals surface area contributed by atoms with E-state index in [9.17, 15) is 4.79 Å². The molecule has 1 atom stereocenters. The van der Waals surface area contributed by atoms with Gasteiger partial charge in [-0.3, -0.25) is 9.69 Å². The molecule has 1 amide bonds. The number of hydrogen-bond acceptors (Lipinski definition) is 5. The van der Waals surface area contributed by atoms with Crippen LogP contribution in [0.25, 0.3) is 0 Å². The molecule has 0 bridgehead atoms. The first-order chi connectivity index (χ1) is 10.6. The zero-order valence-electron chi connectivity index (χ0n) is 13.6. The van der Waals surface area contributed by atoms with Crippen molar-refractivity contribution in [3.63, 3.8) is 0 Å². The van der Waals surface area contributed by atoms with E-state index in [1.165, 1.54) is 6.42 Å². The van der Waals surface area contributed by atoms with E-state index in [1.54, 1.807) is 0 Å². The molecule has 6 nitrogen and oxygen atoms in total. The van der Waals surface area contributed by atoms with Crippen molar-refractivity contribution in [1.29, 1.82) is 0 Å². The van der Waals surface area contributed by atoms with Crippen molar-refractivity contribution in [2.24, 2.45) is 0 Å². The highest BCUT2D eigenvalue weighted by atomic mass is 16.4. The maximum absolute atomic E-state index is 12.3. The van der Waals surface area contributed by atoms with Crippen molar-refractivity contribution < 1.29 is 9.21 Å². The monoisotopic (exact) mass is 306 g/mol. The molecule has 0 aromatic carbocycles. The Bertz CT molecular complexity index is 495. The molecular weight excluding hydrogens is 280 g/mol. The minimum absolute atomic E-state index is 0.293. The van der Waals surface area contributed by atoms with Crippen LogP contribution in [0.4, 0.5) is 0 Å². The summed E-state index contributed by atoms with van der Waals surface area (Å²) in [4.78, 5) is 21.0.